The molecule has 1 aliphatic heterocycles. The highest BCUT2D eigenvalue weighted by Gasteiger charge is 2.35. The number of hydrogen-bond acceptors (Lipinski definition) is 1. The smallest absolute Gasteiger partial charge is 0.226 e. The first-order valence-electron chi connectivity index (χ1n) is 6.02. The maximum absolute atomic E-state index is 12.2. The average molecular weight is 195 g/mol. The highest BCUT2D eigenvalue weighted by molar-refractivity contribution is 5.80. The molecule has 0 N–H and O–H groups in total. The summed E-state index contributed by atoms with van der Waals surface area (Å²) in [4.78, 5) is 14.3. The lowest BCUT2D eigenvalue weighted by Crippen LogP contribution is -2.41. The number of hydrogen-bond donors (Lipinski definition) is 0. The minimum Gasteiger partial charge on any atom is -0.337 e. The lowest BCUT2D eigenvalue weighted by molar-refractivity contribution is -0.137. The first-order chi connectivity index (χ1) is 6.70. The molecular weight excluding hydrogens is 174 g/mol. The fourth-order valence-electron chi connectivity index (χ4n) is 3.01. The van der Waals surface area contributed by atoms with Crippen molar-refractivity contribution in [2.75, 3.05) is 0 Å². The minimum atomic E-state index is 0.359. The van der Waals surface area contributed by atoms with E-state index < -0.39 is 0 Å². The fraction of sp³-hybridized carbons (Fsp3) is 0.917. The number of rotatable bonds is 1. The average Bonchev–Trinajstić information content (AvgIpc) is 2.75. The van der Waals surface area contributed by atoms with E-state index in [1.54, 1.807) is 0 Å². The molecule has 14 heavy (non-hydrogen) atoms. The van der Waals surface area contributed by atoms with Crippen LogP contribution in [0.3, 0.4) is 0 Å². The Bertz CT molecular complexity index is 210. The standard InChI is InChI=1S/C12H21NO/c1-9-7-8-10(2)13(9)12(14)11-5-3-4-6-11/h9-11H,3-8H2,1-2H3. The van der Waals surface area contributed by atoms with Gasteiger partial charge in [-0.2, -0.15) is 0 Å². The molecule has 80 valence electrons. The Morgan fingerprint density at radius 2 is 1.50 bits per heavy atom. The molecule has 2 nitrogen and oxygen atoms in total. The summed E-state index contributed by atoms with van der Waals surface area (Å²) in [7, 11) is 0. The van der Waals surface area contributed by atoms with Gasteiger partial charge in [-0.3, -0.25) is 4.79 Å². The summed E-state index contributed by atoms with van der Waals surface area (Å²) in [6.45, 7) is 4.38. The second-order valence-corrected chi connectivity index (χ2v) is 5.00. The van der Waals surface area contributed by atoms with Crippen LogP contribution in [0.15, 0.2) is 0 Å². The third kappa shape index (κ3) is 1.67. The molecule has 1 aliphatic carbocycles. The van der Waals surface area contributed by atoms with E-state index in [0.29, 0.717) is 23.9 Å². The van der Waals surface area contributed by atoms with Gasteiger partial charge >= 0.3 is 0 Å². The molecule has 1 saturated carbocycles. The lowest BCUT2D eigenvalue weighted by atomic mass is 10.1. The summed E-state index contributed by atoms with van der Waals surface area (Å²) in [6, 6.07) is 0.969. The fourth-order valence-corrected chi connectivity index (χ4v) is 3.01. The predicted molar refractivity (Wildman–Crippen MR) is 57.0 cm³/mol. The van der Waals surface area contributed by atoms with E-state index in [1.807, 2.05) is 0 Å². The summed E-state index contributed by atoms with van der Waals surface area (Å²) in [5.41, 5.74) is 0. The molecule has 1 saturated heterocycles. The van der Waals surface area contributed by atoms with Crippen LogP contribution >= 0.6 is 0 Å². The highest BCUT2D eigenvalue weighted by Crippen LogP contribution is 2.31. The van der Waals surface area contributed by atoms with E-state index in [2.05, 4.69) is 18.7 Å². The molecule has 0 aromatic rings. The normalized spacial score (nSPS) is 34.0. The van der Waals surface area contributed by atoms with Crippen molar-refractivity contribution >= 4 is 5.91 Å². The van der Waals surface area contributed by atoms with Crippen molar-refractivity contribution in [3.63, 3.8) is 0 Å². The van der Waals surface area contributed by atoms with Crippen molar-refractivity contribution in [3.05, 3.63) is 0 Å². The first-order valence-corrected chi connectivity index (χ1v) is 6.02. The molecule has 2 rings (SSSR count). The predicted octanol–water partition coefficient (Wildman–Crippen LogP) is 2.58. The number of likely N-dealkylation sites (tertiary alicyclic amines) is 1. The molecule has 1 amide bonds. The number of amides is 1. The third-order valence-electron chi connectivity index (χ3n) is 3.91. The van der Waals surface area contributed by atoms with E-state index in [0.717, 1.165) is 12.8 Å². The van der Waals surface area contributed by atoms with Gasteiger partial charge in [0.1, 0.15) is 0 Å². The highest BCUT2D eigenvalue weighted by atomic mass is 16.2. The monoisotopic (exact) mass is 195 g/mol. The number of carbonyl (C=O) groups is 1. The van der Waals surface area contributed by atoms with Crippen molar-refractivity contribution in [1.29, 1.82) is 0 Å². The van der Waals surface area contributed by atoms with E-state index in [4.69, 9.17) is 0 Å². The van der Waals surface area contributed by atoms with Crippen molar-refractivity contribution in [1.82, 2.24) is 4.90 Å². The molecule has 0 spiro atoms. The van der Waals surface area contributed by atoms with E-state index in [-0.39, 0.29) is 0 Å². The van der Waals surface area contributed by atoms with Crippen molar-refractivity contribution < 1.29 is 4.79 Å². The minimum absolute atomic E-state index is 0.359. The molecular formula is C12H21NO. The van der Waals surface area contributed by atoms with Crippen LogP contribution in [0, 0.1) is 5.92 Å². The van der Waals surface area contributed by atoms with Crippen molar-refractivity contribution in [2.45, 2.75) is 64.5 Å². The quantitative estimate of drug-likeness (QED) is 0.629. The van der Waals surface area contributed by atoms with Crippen LogP contribution in [0.1, 0.15) is 52.4 Å². The third-order valence-corrected chi connectivity index (χ3v) is 3.91. The van der Waals surface area contributed by atoms with Gasteiger partial charge in [-0.25, -0.2) is 0 Å². The Morgan fingerprint density at radius 1 is 1.00 bits per heavy atom. The van der Waals surface area contributed by atoms with Gasteiger partial charge in [-0.1, -0.05) is 12.8 Å². The Balaban J connectivity index is 2.02. The Kier molecular flexibility index (Phi) is 2.80. The maximum Gasteiger partial charge on any atom is 0.226 e. The van der Waals surface area contributed by atoms with Gasteiger partial charge in [0.2, 0.25) is 5.91 Å². The second-order valence-electron chi connectivity index (χ2n) is 5.00. The van der Waals surface area contributed by atoms with Gasteiger partial charge in [-0.15, -0.1) is 0 Å². The Hall–Kier alpha value is -0.530. The van der Waals surface area contributed by atoms with Gasteiger partial charge in [0.25, 0.3) is 0 Å². The topological polar surface area (TPSA) is 20.3 Å². The zero-order valence-electron chi connectivity index (χ0n) is 9.33. The molecule has 2 aliphatic rings. The molecule has 2 fully saturated rings. The largest absolute Gasteiger partial charge is 0.337 e. The van der Waals surface area contributed by atoms with Crippen LogP contribution in [0.25, 0.3) is 0 Å². The van der Waals surface area contributed by atoms with Crippen molar-refractivity contribution in [3.8, 4) is 0 Å². The lowest BCUT2D eigenvalue weighted by Gasteiger charge is -2.29. The molecule has 0 bridgehead atoms. The maximum atomic E-state index is 12.2. The SMILES string of the molecule is CC1CCC(C)N1C(=O)C1CCCC1. The van der Waals surface area contributed by atoms with E-state index >= 15 is 0 Å². The zero-order valence-corrected chi connectivity index (χ0v) is 9.33. The van der Waals surface area contributed by atoms with Gasteiger partial charge in [0, 0.05) is 18.0 Å². The Morgan fingerprint density at radius 3 is 2.00 bits per heavy atom. The summed E-state index contributed by atoms with van der Waals surface area (Å²) in [5, 5.41) is 0. The van der Waals surface area contributed by atoms with Crippen LogP contribution in [-0.2, 0) is 4.79 Å². The molecule has 0 aromatic heterocycles. The van der Waals surface area contributed by atoms with Crippen LogP contribution < -0.4 is 0 Å². The van der Waals surface area contributed by atoms with Gasteiger partial charge < -0.3 is 4.90 Å². The zero-order chi connectivity index (χ0) is 10.1. The summed E-state index contributed by atoms with van der Waals surface area (Å²) in [5.74, 6) is 0.804. The van der Waals surface area contributed by atoms with Crippen LogP contribution in [0.2, 0.25) is 0 Å². The molecule has 2 heteroatoms. The van der Waals surface area contributed by atoms with Gasteiger partial charge in [0.15, 0.2) is 0 Å². The van der Waals surface area contributed by atoms with E-state index in [1.165, 1.54) is 25.7 Å². The van der Waals surface area contributed by atoms with Crippen LogP contribution in [-0.4, -0.2) is 22.9 Å². The first kappa shape index (κ1) is 10.0. The van der Waals surface area contributed by atoms with Crippen molar-refractivity contribution in [2.24, 2.45) is 5.92 Å². The second kappa shape index (κ2) is 3.92. The van der Waals surface area contributed by atoms with Gasteiger partial charge in [0.05, 0.1) is 0 Å². The molecule has 2 atom stereocenters. The molecule has 0 aromatic carbocycles. The molecule has 1 heterocycles. The summed E-state index contributed by atoms with van der Waals surface area (Å²) in [6.07, 6.45) is 7.17. The van der Waals surface area contributed by atoms with Gasteiger partial charge in [-0.05, 0) is 39.5 Å². The molecule has 2 unspecified atom stereocenters. The Labute approximate surface area is 86.7 Å². The van der Waals surface area contributed by atoms with Crippen LogP contribution in [0.5, 0.6) is 0 Å². The number of nitrogens with zero attached hydrogens (tertiary/aromatic N) is 1. The summed E-state index contributed by atoms with van der Waals surface area (Å²) < 4.78 is 0. The number of carbonyl (C=O) groups excluding carboxylic acids is 1. The molecule has 0 radical (unpaired) electrons. The van der Waals surface area contributed by atoms with E-state index in [9.17, 15) is 4.79 Å². The van der Waals surface area contributed by atoms with Crippen LogP contribution in [0.4, 0.5) is 0 Å². The summed E-state index contributed by atoms with van der Waals surface area (Å²) >= 11 is 0.